The lowest BCUT2D eigenvalue weighted by Gasteiger charge is -2.34. The Morgan fingerprint density at radius 3 is 2.58 bits per heavy atom. The van der Waals surface area contributed by atoms with Crippen molar-refractivity contribution in [3.63, 3.8) is 0 Å². The number of nitrogens with one attached hydrogen (secondary N) is 2. The van der Waals surface area contributed by atoms with Crippen molar-refractivity contribution in [1.29, 1.82) is 0 Å². The standard InChI is InChI=1S/C15H18Cl2N4O3/c16-11-7-9(8-12(17)19-11)14(22)20-15(23)13-10(1-2-18-13)21-3-5-24-6-4-21/h7-8,10,13,18H,1-6H2,(H,20,22,23)/t10?,13-/m0/s1. The summed E-state index contributed by atoms with van der Waals surface area (Å²) in [5.41, 5.74) is 0.203. The number of rotatable bonds is 3. The van der Waals surface area contributed by atoms with E-state index in [1.165, 1.54) is 12.1 Å². The zero-order chi connectivity index (χ0) is 17.1. The van der Waals surface area contributed by atoms with Gasteiger partial charge in [0.15, 0.2) is 0 Å². The van der Waals surface area contributed by atoms with Gasteiger partial charge in [-0.1, -0.05) is 23.2 Å². The van der Waals surface area contributed by atoms with Gasteiger partial charge in [0.1, 0.15) is 16.3 Å². The predicted octanol–water partition coefficient (Wildman–Crippen LogP) is 0.708. The molecular formula is C15H18Cl2N4O3. The molecule has 0 radical (unpaired) electrons. The normalized spacial score (nSPS) is 24.8. The SMILES string of the molecule is O=C(NC(=O)[C@H]1NCCC1N1CCOCC1)c1cc(Cl)nc(Cl)c1. The van der Waals surface area contributed by atoms with Crippen LogP contribution in [-0.4, -0.2) is 66.6 Å². The first-order valence-electron chi connectivity index (χ1n) is 7.78. The van der Waals surface area contributed by atoms with Crippen molar-refractivity contribution in [3.8, 4) is 0 Å². The number of hydrogen-bond donors (Lipinski definition) is 2. The van der Waals surface area contributed by atoms with E-state index in [2.05, 4.69) is 20.5 Å². The molecule has 2 atom stereocenters. The molecule has 2 amide bonds. The van der Waals surface area contributed by atoms with Gasteiger partial charge in [-0.05, 0) is 25.1 Å². The fourth-order valence-corrected chi connectivity index (χ4v) is 3.58. The van der Waals surface area contributed by atoms with Crippen LogP contribution in [0.4, 0.5) is 0 Å². The van der Waals surface area contributed by atoms with Crippen molar-refractivity contribution in [2.75, 3.05) is 32.8 Å². The van der Waals surface area contributed by atoms with Crippen molar-refractivity contribution in [2.24, 2.45) is 0 Å². The van der Waals surface area contributed by atoms with E-state index >= 15 is 0 Å². The van der Waals surface area contributed by atoms with Crippen molar-refractivity contribution in [2.45, 2.75) is 18.5 Å². The van der Waals surface area contributed by atoms with Crippen LogP contribution in [0.5, 0.6) is 0 Å². The lowest BCUT2D eigenvalue weighted by atomic mass is 10.1. The summed E-state index contributed by atoms with van der Waals surface area (Å²) in [6.07, 6.45) is 0.860. The largest absolute Gasteiger partial charge is 0.379 e. The smallest absolute Gasteiger partial charge is 0.258 e. The molecule has 130 valence electrons. The molecule has 24 heavy (non-hydrogen) atoms. The number of aromatic nitrogens is 1. The number of pyridine rings is 1. The van der Waals surface area contributed by atoms with Gasteiger partial charge in [0.2, 0.25) is 5.91 Å². The van der Waals surface area contributed by atoms with E-state index in [9.17, 15) is 9.59 Å². The number of ether oxygens (including phenoxy) is 1. The molecule has 7 nitrogen and oxygen atoms in total. The first kappa shape index (κ1) is 17.6. The van der Waals surface area contributed by atoms with Gasteiger partial charge in [-0.2, -0.15) is 0 Å². The van der Waals surface area contributed by atoms with E-state index in [0.717, 1.165) is 26.1 Å². The predicted molar refractivity (Wildman–Crippen MR) is 89.3 cm³/mol. The van der Waals surface area contributed by atoms with Crippen molar-refractivity contribution < 1.29 is 14.3 Å². The van der Waals surface area contributed by atoms with Crippen molar-refractivity contribution in [3.05, 3.63) is 28.0 Å². The van der Waals surface area contributed by atoms with E-state index < -0.39 is 11.9 Å². The summed E-state index contributed by atoms with van der Waals surface area (Å²) in [4.78, 5) is 30.8. The van der Waals surface area contributed by atoms with Crippen LogP contribution in [0.1, 0.15) is 16.8 Å². The molecule has 0 saturated carbocycles. The van der Waals surface area contributed by atoms with Crippen LogP contribution >= 0.6 is 23.2 Å². The van der Waals surface area contributed by atoms with Crippen molar-refractivity contribution in [1.82, 2.24) is 20.5 Å². The summed E-state index contributed by atoms with van der Waals surface area (Å²) in [7, 11) is 0. The van der Waals surface area contributed by atoms with Crippen LogP contribution < -0.4 is 10.6 Å². The Morgan fingerprint density at radius 1 is 1.25 bits per heavy atom. The highest BCUT2D eigenvalue weighted by Gasteiger charge is 2.37. The van der Waals surface area contributed by atoms with Crippen LogP contribution in [0.2, 0.25) is 10.3 Å². The van der Waals surface area contributed by atoms with Gasteiger partial charge in [-0.25, -0.2) is 4.98 Å². The lowest BCUT2D eigenvalue weighted by Crippen LogP contribution is -2.55. The molecule has 0 bridgehead atoms. The number of carbonyl (C=O) groups is 2. The molecule has 2 aliphatic rings. The molecular weight excluding hydrogens is 355 g/mol. The number of imide groups is 1. The summed E-state index contributed by atoms with van der Waals surface area (Å²) in [5.74, 6) is -0.890. The third kappa shape index (κ3) is 4.04. The third-order valence-electron chi connectivity index (χ3n) is 4.25. The van der Waals surface area contributed by atoms with E-state index in [0.29, 0.717) is 13.2 Å². The molecule has 3 rings (SSSR count). The number of nitrogens with zero attached hydrogens (tertiary/aromatic N) is 2. The number of morpholine rings is 1. The van der Waals surface area contributed by atoms with Crippen LogP contribution in [-0.2, 0) is 9.53 Å². The topological polar surface area (TPSA) is 83.6 Å². The van der Waals surface area contributed by atoms with Gasteiger partial charge in [-0.15, -0.1) is 0 Å². The number of carbonyl (C=O) groups excluding carboxylic acids is 2. The molecule has 1 unspecified atom stereocenters. The Labute approximate surface area is 149 Å². The summed E-state index contributed by atoms with van der Waals surface area (Å²) in [5, 5.41) is 5.79. The monoisotopic (exact) mass is 372 g/mol. The minimum Gasteiger partial charge on any atom is -0.379 e. The minimum absolute atomic E-state index is 0.0614. The van der Waals surface area contributed by atoms with Crippen LogP contribution in [0.3, 0.4) is 0 Å². The summed E-state index contributed by atoms with van der Waals surface area (Å²) >= 11 is 11.6. The molecule has 0 aromatic carbocycles. The zero-order valence-corrected chi connectivity index (χ0v) is 14.4. The molecule has 3 heterocycles. The summed E-state index contributed by atoms with van der Waals surface area (Å²) in [6.45, 7) is 3.65. The Kier molecular flexibility index (Phi) is 5.68. The molecule has 1 aromatic heterocycles. The van der Waals surface area contributed by atoms with Gasteiger partial charge in [0.25, 0.3) is 5.91 Å². The lowest BCUT2D eigenvalue weighted by molar-refractivity contribution is -0.123. The van der Waals surface area contributed by atoms with E-state index in [1.54, 1.807) is 0 Å². The second-order valence-corrected chi connectivity index (χ2v) is 6.53. The van der Waals surface area contributed by atoms with Crippen molar-refractivity contribution >= 4 is 35.0 Å². The van der Waals surface area contributed by atoms with Gasteiger partial charge < -0.3 is 10.1 Å². The Morgan fingerprint density at radius 2 is 1.92 bits per heavy atom. The molecule has 2 aliphatic heterocycles. The molecule has 2 saturated heterocycles. The maximum atomic E-state index is 12.5. The maximum Gasteiger partial charge on any atom is 0.258 e. The quantitative estimate of drug-likeness (QED) is 0.600. The van der Waals surface area contributed by atoms with Gasteiger partial charge in [0.05, 0.1) is 13.2 Å². The first-order chi connectivity index (χ1) is 11.5. The highest BCUT2D eigenvalue weighted by molar-refractivity contribution is 6.33. The Balaban J connectivity index is 1.65. The average molecular weight is 373 g/mol. The zero-order valence-electron chi connectivity index (χ0n) is 12.9. The van der Waals surface area contributed by atoms with Gasteiger partial charge in [-0.3, -0.25) is 19.8 Å². The fraction of sp³-hybridized carbons (Fsp3) is 0.533. The van der Waals surface area contributed by atoms with Gasteiger partial charge >= 0.3 is 0 Å². The fourth-order valence-electron chi connectivity index (χ4n) is 3.12. The third-order valence-corrected chi connectivity index (χ3v) is 4.64. The second kappa shape index (κ2) is 7.76. The highest BCUT2D eigenvalue weighted by Crippen LogP contribution is 2.18. The molecule has 9 heteroatoms. The Bertz CT molecular complexity index is 617. The molecule has 0 aliphatic carbocycles. The van der Waals surface area contributed by atoms with E-state index in [1.807, 2.05) is 0 Å². The van der Waals surface area contributed by atoms with E-state index in [4.69, 9.17) is 27.9 Å². The van der Waals surface area contributed by atoms with Gasteiger partial charge in [0, 0.05) is 24.7 Å². The highest BCUT2D eigenvalue weighted by atomic mass is 35.5. The Hall–Kier alpha value is -1.25. The number of hydrogen-bond acceptors (Lipinski definition) is 6. The first-order valence-corrected chi connectivity index (χ1v) is 8.53. The number of halogens is 2. The average Bonchev–Trinajstić information content (AvgIpc) is 3.04. The molecule has 0 spiro atoms. The molecule has 1 aromatic rings. The second-order valence-electron chi connectivity index (χ2n) is 5.76. The summed E-state index contributed by atoms with van der Waals surface area (Å²) in [6, 6.07) is 2.38. The summed E-state index contributed by atoms with van der Waals surface area (Å²) < 4.78 is 5.35. The molecule has 2 N–H and O–H groups in total. The number of amides is 2. The maximum absolute atomic E-state index is 12.5. The van der Waals surface area contributed by atoms with E-state index in [-0.39, 0.29) is 27.8 Å². The molecule has 2 fully saturated rings. The van der Waals surface area contributed by atoms with Crippen LogP contribution in [0.25, 0.3) is 0 Å². The van der Waals surface area contributed by atoms with Crippen LogP contribution in [0.15, 0.2) is 12.1 Å². The minimum atomic E-state index is -0.541. The van der Waals surface area contributed by atoms with Crippen LogP contribution in [0, 0.1) is 0 Å².